The average Bonchev–Trinajstić information content (AvgIpc) is 1.39. The molecule has 0 unspecified atom stereocenters. The van der Waals surface area contributed by atoms with Crippen molar-refractivity contribution >= 4 is 0 Å². The summed E-state index contributed by atoms with van der Waals surface area (Å²) in [5.74, 6) is 2.00. The van der Waals surface area contributed by atoms with E-state index in [0.29, 0.717) is 0 Å². The van der Waals surface area contributed by atoms with Crippen molar-refractivity contribution in [2.45, 2.75) is 6.92 Å². The predicted octanol–water partition coefficient (Wildman–Crippen LogP) is 1.13. The van der Waals surface area contributed by atoms with Crippen molar-refractivity contribution < 1.29 is 22.4 Å². The Morgan fingerprint density at radius 2 is 1.57 bits per heavy atom. The minimum atomic E-state index is 0. The SMILES string of the molecule is [Au+].[C-]#CC.[C-]#[N+]C. The van der Waals surface area contributed by atoms with Crippen LogP contribution in [-0.2, 0) is 22.4 Å². The van der Waals surface area contributed by atoms with Crippen molar-refractivity contribution in [2.75, 3.05) is 7.05 Å². The third kappa shape index (κ3) is 1890. The van der Waals surface area contributed by atoms with Gasteiger partial charge in [-0.05, 0) is 6.92 Å². The Morgan fingerprint density at radius 1 is 1.57 bits per heavy atom. The van der Waals surface area contributed by atoms with Gasteiger partial charge < -0.3 is 17.2 Å². The van der Waals surface area contributed by atoms with Crippen molar-refractivity contribution in [3.05, 3.63) is 17.8 Å². The van der Waals surface area contributed by atoms with E-state index in [4.69, 9.17) is 13.0 Å². The summed E-state index contributed by atoms with van der Waals surface area (Å²) in [7, 11) is 1.42. The Labute approximate surface area is 60.4 Å². The summed E-state index contributed by atoms with van der Waals surface area (Å²) in [6.07, 6.45) is 5.96. The molecule has 0 aliphatic rings. The van der Waals surface area contributed by atoms with E-state index in [1.165, 1.54) is 7.05 Å². The van der Waals surface area contributed by atoms with Crippen molar-refractivity contribution in [2.24, 2.45) is 0 Å². The quantitative estimate of drug-likeness (QED) is 0.355. The minimum Gasteiger partial charge on any atom is -0.694 e. The Bertz CT molecular complexity index is 63.1. The fourth-order valence-electron chi connectivity index (χ4n) is 0. The van der Waals surface area contributed by atoms with Gasteiger partial charge >= 0.3 is 22.4 Å². The van der Waals surface area contributed by atoms with Gasteiger partial charge in [-0.2, -0.15) is 0 Å². The van der Waals surface area contributed by atoms with E-state index in [2.05, 4.69) is 4.85 Å². The Hall–Kier alpha value is -0.210. The zero-order valence-corrected chi connectivity index (χ0v) is 6.42. The summed E-state index contributed by atoms with van der Waals surface area (Å²) in [6, 6.07) is 0. The molecule has 0 rings (SSSR count). The molecule has 1 nitrogen and oxygen atoms in total. The van der Waals surface area contributed by atoms with Crippen molar-refractivity contribution in [1.29, 1.82) is 0 Å². The zero-order valence-electron chi connectivity index (χ0n) is 4.25. The maximum absolute atomic E-state index is 5.96. The van der Waals surface area contributed by atoms with E-state index >= 15 is 0 Å². The number of nitrogens with zero attached hydrogens (tertiary/aromatic N) is 1. The Balaban J connectivity index is -0.0000000400. The third-order valence-electron chi connectivity index (χ3n) is 0. The first-order valence-corrected chi connectivity index (χ1v) is 1.42. The molecule has 0 radical (unpaired) electrons. The fraction of sp³-hybridized carbons (Fsp3) is 0.400. The van der Waals surface area contributed by atoms with Gasteiger partial charge in [-0.1, -0.05) is 0 Å². The molecule has 0 aromatic heterocycles. The van der Waals surface area contributed by atoms with Gasteiger partial charge in [0.15, 0.2) is 0 Å². The molecule has 0 spiro atoms. The summed E-state index contributed by atoms with van der Waals surface area (Å²) >= 11 is 0. The van der Waals surface area contributed by atoms with Gasteiger partial charge in [-0.15, -0.1) is 0 Å². The molecular weight excluding hydrogens is 271 g/mol. The summed E-state index contributed by atoms with van der Waals surface area (Å²) in [4.78, 5) is 2.75. The first kappa shape index (κ1) is 15.8. The van der Waals surface area contributed by atoms with Crippen molar-refractivity contribution in [3.63, 3.8) is 0 Å². The van der Waals surface area contributed by atoms with E-state index < -0.39 is 0 Å². The van der Waals surface area contributed by atoms with Crippen LogP contribution >= 0.6 is 0 Å². The molecule has 2 heteroatoms. The number of hydrogen-bond acceptors (Lipinski definition) is 0. The maximum Gasteiger partial charge on any atom is 1.00 e. The van der Waals surface area contributed by atoms with E-state index in [1.807, 2.05) is 5.92 Å². The molecule has 7 heavy (non-hydrogen) atoms. The molecule has 42 valence electrons. The largest absolute Gasteiger partial charge is 1.00 e. The smallest absolute Gasteiger partial charge is 0.694 e. The van der Waals surface area contributed by atoms with Crippen LogP contribution in [0.4, 0.5) is 0 Å². The predicted molar refractivity (Wildman–Crippen MR) is 25.3 cm³/mol. The second kappa shape index (κ2) is 41.5. The van der Waals surface area contributed by atoms with Gasteiger partial charge in [0.25, 0.3) is 0 Å². The standard InChI is InChI=1S/C3H3.C2H3N.Au/c2*1-3-2;/h2*1H3;/q-1;;+1. The zero-order chi connectivity index (χ0) is 5.41. The molecular formula is C5H6AuN. The summed E-state index contributed by atoms with van der Waals surface area (Å²) < 4.78 is 0. The molecule has 0 aliphatic heterocycles. The molecule has 0 heterocycles. The Morgan fingerprint density at radius 3 is 1.57 bits per heavy atom. The van der Waals surface area contributed by atoms with Crippen LogP contribution in [0.3, 0.4) is 0 Å². The normalized spacial score (nSPS) is 2.29. The van der Waals surface area contributed by atoms with Gasteiger partial charge in [0, 0.05) is 0 Å². The molecule has 0 aromatic rings. The van der Waals surface area contributed by atoms with E-state index in [-0.39, 0.29) is 22.4 Å². The second-order valence-corrected chi connectivity index (χ2v) is 0.474. The minimum absolute atomic E-state index is 0. The second-order valence-electron chi connectivity index (χ2n) is 0.474. The molecule has 0 aliphatic carbocycles. The van der Waals surface area contributed by atoms with Crippen LogP contribution in [0.1, 0.15) is 6.92 Å². The molecule has 0 amide bonds. The van der Waals surface area contributed by atoms with Crippen LogP contribution in [0.15, 0.2) is 0 Å². The molecule has 0 bridgehead atoms. The maximum atomic E-state index is 5.96. The van der Waals surface area contributed by atoms with Crippen LogP contribution in [0.2, 0.25) is 0 Å². The fourth-order valence-corrected chi connectivity index (χ4v) is 0. The van der Waals surface area contributed by atoms with Crippen LogP contribution in [0.5, 0.6) is 0 Å². The van der Waals surface area contributed by atoms with Gasteiger partial charge in [0.1, 0.15) is 0 Å². The van der Waals surface area contributed by atoms with Crippen LogP contribution in [0.25, 0.3) is 4.85 Å². The van der Waals surface area contributed by atoms with E-state index in [1.54, 1.807) is 6.92 Å². The summed E-state index contributed by atoms with van der Waals surface area (Å²) in [5, 5.41) is 0. The number of hydrogen-bond donors (Lipinski definition) is 0. The third-order valence-corrected chi connectivity index (χ3v) is 0. The van der Waals surface area contributed by atoms with Crippen molar-refractivity contribution in [1.82, 2.24) is 0 Å². The van der Waals surface area contributed by atoms with E-state index in [0.717, 1.165) is 0 Å². The summed E-state index contributed by atoms with van der Waals surface area (Å²) in [5.41, 5.74) is 0. The molecule has 0 saturated heterocycles. The van der Waals surface area contributed by atoms with Crippen LogP contribution in [-0.4, -0.2) is 7.05 Å². The molecule has 0 aromatic carbocycles. The van der Waals surface area contributed by atoms with Crippen LogP contribution in [0, 0.1) is 18.9 Å². The first-order valence-electron chi connectivity index (χ1n) is 1.42. The molecule has 0 N–H and O–H groups in total. The molecule has 0 saturated carbocycles. The van der Waals surface area contributed by atoms with E-state index in [9.17, 15) is 0 Å². The van der Waals surface area contributed by atoms with Gasteiger partial charge in [0.2, 0.25) is 7.05 Å². The monoisotopic (exact) mass is 277 g/mol. The van der Waals surface area contributed by atoms with Gasteiger partial charge in [-0.25, -0.2) is 6.57 Å². The number of rotatable bonds is 0. The average molecular weight is 277 g/mol. The summed E-state index contributed by atoms with van der Waals surface area (Å²) in [6.45, 7) is 7.38. The molecule has 0 fully saturated rings. The van der Waals surface area contributed by atoms with Gasteiger partial charge in [0.05, 0.1) is 0 Å². The first-order chi connectivity index (χ1) is 2.83. The topological polar surface area (TPSA) is 4.36 Å². The molecule has 0 atom stereocenters. The van der Waals surface area contributed by atoms with Crippen LogP contribution < -0.4 is 0 Å². The van der Waals surface area contributed by atoms with Crippen molar-refractivity contribution in [3.8, 4) is 5.92 Å². The Kier molecular flexibility index (Phi) is 93.8. The van der Waals surface area contributed by atoms with Gasteiger partial charge in [-0.3, -0.25) is 0 Å².